The fraction of sp³-hybridized carbons (Fsp3) is 0.366. The minimum Gasteiger partial charge on any atom is -0.372 e. The number of nitrogens with zero attached hydrogens (tertiary/aromatic N) is 5. The predicted molar refractivity (Wildman–Crippen MR) is 201 cm³/mol. The lowest BCUT2D eigenvalue weighted by molar-refractivity contribution is 0.745. The molecule has 1 aromatic heterocycles. The summed E-state index contributed by atoms with van der Waals surface area (Å²) in [5.41, 5.74) is 8.24. The van der Waals surface area contributed by atoms with E-state index in [2.05, 4.69) is 153 Å². The second kappa shape index (κ2) is 16.3. The van der Waals surface area contributed by atoms with E-state index in [4.69, 9.17) is 10.1 Å². The van der Waals surface area contributed by atoms with Crippen LogP contribution in [-0.4, -0.2) is 42.9 Å². The molecule has 5 heteroatoms. The quantitative estimate of drug-likeness (QED) is 0.134. The Bertz CT molecular complexity index is 1620. The van der Waals surface area contributed by atoms with Crippen molar-refractivity contribution in [2.75, 3.05) is 41.0 Å². The molecule has 4 aromatic rings. The number of aromatic nitrogens is 1. The molecule has 0 amide bonds. The molecule has 240 valence electrons. The number of anilines is 3. The van der Waals surface area contributed by atoms with Crippen molar-refractivity contribution in [2.24, 2.45) is 5.10 Å². The van der Waals surface area contributed by atoms with E-state index in [0.717, 1.165) is 75.3 Å². The van der Waals surface area contributed by atoms with Gasteiger partial charge in [-0.05, 0) is 91.8 Å². The van der Waals surface area contributed by atoms with E-state index in [0.29, 0.717) is 0 Å². The summed E-state index contributed by atoms with van der Waals surface area (Å²) in [5, 5.41) is 8.41. The highest BCUT2D eigenvalue weighted by atomic mass is 15.5. The Balaban J connectivity index is 1.38. The predicted octanol–water partition coefficient (Wildman–Crippen LogP) is 10.2. The van der Waals surface area contributed by atoms with Gasteiger partial charge in [0.2, 0.25) is 0 Å². The molecule has 0 N–H and O–H groups in total. The molecule has 0 spiro atoms. The summed E-state index contributed by atoms with van der Waals surface area (Å²) in [6, 6.07) is 28.5. The summed E-state index contributed by atoms with van der Waals surface area (Å²) in [6.45, 7) is 15.5. The minimum absolute atomic E-state index is 0.0723. The van der Waals surface area contributed by atoms with Gasteiger partial charge in [0.25, 0.3) is 0 Å². The number of para-hydroxylation sites is 1. The Kier molecular flexibility index (Phi) is 11.7. The number of benzene rings is 3. The van der Waals surface area contributed by atoms with Crippen molar-refractivity contribution in [3.63, 3.8) is 0 Å². The maximum atomic E-state index is 5.12. The summed E-state index contributed by atoms with van der Waals surface area (Å²) < 4.78 is 0. The molecular formula is C41H51N5. The van der Waals surface area contributed by atoms with E-state index in [-0.39, 0.29) is 6.04 Å². The number of aryl methyl sites for hydroxylation is 1. The summed E-state index contributed by atoms with van der Waals surface area (Å²) in [7, 11) is 0. The number of allylic oxidation sites excluding steroid dienone is 1. The summed E-state index contributed by atoms with van der Waals surface area (Å²) in [4.78, 5) is 10.0. The zero-order valence-corrected chi connectivity index (χ0v) is 28.5. The molecule has 3 aromatic carbocycles. The van der Waals surface area contributed by atoms with Crippen LogP contribution in [0.1, 0.15) is 76.5 Å². The molecule has 5 nitrogen and oxygen atoms in total. The third kappa shape index (κ3) is 8.25. The number of hydrogen-bond acceptors (Lipinski definition) is 5. The van der Waals surface area contributed by atoms with Crippen molar-refractivity contribution < 1.29 is 0 Å². The highest BCUT2D eigenvalue weighted by Crippen LogP contribution is 2.29. The van der Waals surface area contributed by atoms with E-state index >= 15 is 0 Å². The standard InChI is InChI=1S/C41H51N5/c1-6-26-44(27-7-2)36-21-15-33(16-22-36)14-20-35-31-38(25-19-34-17-23-37(24-18-34)45(28-8-3)29-9-4)46(43-35)41-30-32(5)39-12-10-11-13-40(39)42-41/h10-25,30,38H,6-9,26-29,31H2,1-5H3. The maximum absolute atomic E-state index is 5.12. The number of hydrogen-bond donors (Lipinski definition) is 0. The summed E-state index contributed by atoms with van der Waals surface area (Å²) in [6.07, 6.45) is 14.3. The lowest BCUT2D eigenvalue weighted by Crippen LogP contribution is -2.25. The fourth-order valence-corrected chi connectivity index (χ4v) is 6.30. The molecular weight excluding hydrogens is 562 g/mol. The van der Waals surface area contributed by atoms with Crippen LogP contribution in [0.5, 0.6) is 0 Å². The molecule has 0 saturated heterocycles. The number of pyridine rings is 1. The molecule has 0 radical (unpaired) electrons. The summed E-state index contributed by atoms with van der Waals surface area (Å²) >= 11 is 0. The molecule has 1 aliphatic heterocycles. The zero-order valence-electron chi connectivity index (χ0n) is 28.5. The highest BCUT2D eigenvalue weighted by molar-refractivity contribution is 6.01. The van der Waals surface area contributed by atoms with E-state index < -0.39 is 0 Å². The fourth-order valence-electron chi connectivity index (χ4n) is 6.30. The largest absolute Gasteiger partial charge is 0.372 e. The molecule has 1 aliphatic rings. The van der Waals surface area contributed by atoms with Gasteiger partial charge in [-0.3, -0.25) is 0 Å². The maximum Gasteiger partial charge on any atom is 0.150 e. The van der Waals surface area contributed by atoms with Gasteiger partial charge in [0.05, 0.1) is 17.3 Å². The Labute approximate surface area is 277 Å². The van der Waals surface area contributed by atoms with Crippen LogP contribution in [0.3, 0.4) is 0 Å². The first-order chi connectivity index (χ1) is 22.5. The average molecular weight is 614 g/mol. The zero-order chi connectivity index (χ0) is 32.3. The van der Waals surface area contributed by atoms with Gasteiger partial charge in [-0.15, -0.1) is 0 Å². The van der Waals surface area contributed by atoms with Crippen molar-refractivity contribution in [1.82, 2.24) is 4.98 Å². The first-order valence-corrected chi connectivity index (χ1v) is 17.3. The van der Waals surface area contributed by atoms with Gasteiger partial charge >= 0.3 is 0 Å². The molecule has 0 saturated carbocycles. The SMILES string of the molecule is CCCN(CCC)c1ccc(C=CC2=NN(c3cc(C)c4ccccc4n3)C(C=Cc3ccc(N(CCC)CCC)cc3)C2)cc1. The first kappa shape index (κ1) is 33.0. The second-order valence-electron chi connectivity index (χ2n) is 12.4. The lowest BCUT2D eigenvalue weighted by Gasteiger charge is -2.24. The van der Waals surface area contributed by atoms with Gasteiger partial charge in [0.15, 0.2) is 0 Å². The van der Waals surface area contributed by atoms with E-state index in [1.54, 1.807) is 0 Å². The average Bonchev–Trinajstić information content (AvgIpc) is 3.50. The van der Waals surface area contributed by atoms with E-state index in [1.165, 1.54) is 33.5 Å². The number of hydrazone groups is 1. The van der Waals surface area contributed by atoms with Crippen LogP contribution in [0.25, 0.3) is 23.1 Å². The van der Waals surface area contributed by atoms with Crippen LogP contribution < -0.4 is 14.8 Å². The summed E-state index contributed by atoms with van der Waals surface area (Å²) in [5.74, 6) is 0.885. The van der Waals surface area contributed by atoms with Gasteiger partial charge in [-0.25, -0.2) is 9.99 Å². The molecule has 0 aliphatic carbocycles. The molecule has 0 bridgehead atoms. The van der Waals surface area contributed by atoms with Crippen molar-refractivity contribution in [1.29, 1.82) is 0 Å². The van der Waals surface area contributed by atoms with Crippen molar-refractivity contribution >= 4 is 46.0 Å². The second-order valence-corrected chi connectivity index (χ2v) is 12.4. The van der Waals surface area contributed by atoms with Crippen molar-refractivity contribution in [2.45, 2.75) is 72.8 Å². The van der Waals surface area contributed by atoms with E-state index in [9.17, 15) is 0 Å². The molecule has 46 heavy (non-hydrogen) atoms. The Morgan fingerprint density at radius 2 is 1.24 bits per heavy atom. The third-order valence-corrected chi connectivity index (χ3v) is 8.58. The van der Waals surface area contributed by atoms with Crippen LogP contribution in [0.2, 0.25) is 0 Å². The number of rotatable bonds is 15. The Morgan fingerprint density at radius 3 is 1.80 bits per heavy atom. The topological polar surface area (TPSA) is 35.0 Å². The normalized spacial score (nSPS) is 14.9. The molecule has 1 atom stereocenters. The molecule has 1 unspecified atom stereocenters. The Hall–Kier alpha value is -4.38. The van der Waals surface area contributed by atoms with Gasteiger partial charge in [-0.2, -0.15) is 5.10 Å². The van der Waals surface area contributed by atoms with Crippen molar-refractivity contribution in [3.05, 3.63) is 108 Å². The van der Waals surface area contributed by atoms with Gasteiger partial charge in [-0.1, -0.05) is 88.4 Å². The van der Waals surface area contributed by atoms with Crippen LogP contribution in [-0.2, 0) is 0 Å². The van der Waals surface area contributed by atoms with E-state index in [1.807, 2.05) is 0 Å². The molecule has 0 fully saturated rings. The van der Waals surface area contributed by atoms with Crippen LogP contribution in [0.15, 0.2) is 96.1 Å². The highest BCUT2D eigenvalue weighted by Gasteiger charge is 2.26. The van der Waals surface area contributed by atoms with Gasteiger partial charge < -0.3 is 9.80 Å². The van der Waals surface area contributed by atoms with Crippen LogP contribution in [0, 0.1) is 6.92 Å². The lowest BCUT2D eigenvalue weighted by atomic mass is 10.1. The minimum atomic E-state index is 0.0723. The smallest absolute Gasteiger partial charge is 0.150 e. The van der Waals surface area contributed by atoms with Crippen molar-refractivity contribution in [3.8, 4) is 0 Å². The number of fused-ring (bicyclic) bond motifs is 1. The Morgan fingerprint density at radius 1 is 0.696 bits per heavy atom. The van der Waals surface area contributed by atoms with Gasteiger partial charge in [0.1, 0.15) is 5.82 Å². The third-order valence-electron chi connectivity index (χ3n) is 8.58. The molecule has 5 rings (SSSR count). The molecule has 2 heterocycles. The van der Waals surface area contributed by atoms with Crippen LogP contribution in [0.4, 0.5) is 17.2 Å². The first-order valence-electron chi connectivity index (χ1n) is 17.3. The monoisotopic (exact) mass is 613 g/mol. The van der Waals surface area contributed by atoms with Crippen LogP contribution >= 0.6 is 0 Å². The van der Waals surface area contributed by atoms with Gasteiger partial charge in [0, 0.05) is 49.4 Å².